The summed E-state index contributed by atoms with van der Waals surface area (Å²) in [6.07, 6.45) is 1.07. The largest absolute Gasteiger partial charge is 0.460 e. The fraction of sp³-hybridized carbons (Fsp3) is 0.273. The number of rotatable bonds is 0. The number of hydrogen-bond donors (Lipinski definition) is 1. The van der Waals surface area contributed by atoms with Crippen LogP contribution in [0.1, 0.15) is 11.3 Å². The summed E-state index contributed by atoms with van der Waals surface area (Å²) in [4.78, 5) is 0. The second-order valence-electron chi connectivity index (χ2n) is 3.53. The van der Waals surface area contributed by atoms with Crippen LogP contribution in [0.4, 0.5) is 0 Å². The minimum absolute atomic E-state index is 1.04. The van der Waals surface area contributed by atoms with Crippen molar-refractivity contribution in [2.24, 2.45) is 0 Å². The van der Waals surface area contributed by atoms with Crippen LogP contribution in [0.5, 0.6) is 0 Å². The van der Waals surface area contributed by atoms with E-state index in [9.17, 15) is 0 Å². The first-order chi connectivity index (χ1) is 6.45. The Kier molecular flexibility index (Phi) is 1.43. The average Bonchev–Trinajstić information content (AvgIpc) is 2.56. The van der Waals surface area contributed by atoms with Gasteiger partial charge in [-0.05, 0) is 6.07 Å². The molecule has 2 heterocycles. The van der Waals surface area contributed by atoms with Gasteiger partial charge in [-0.1, -0.05) is 18.2 Å². The molecule has 0 fully saturated rings. The second kappa shape index (κ2) is 2.60. The Morgan fingerprint density at radius 3 is 3.15 bits per heavy atom. The molecule has 2 aromatic rings. The molecule has 1 aliphatic heterocycles. The molecule has 66 valence electrons. The van der Waals surface area contributed by atoms with E-state index in [1.54, 1.807) is 0 Å². The van der Waals surface area contributed by atoms with E-state index in [1.165, 1.54) is 16.7 Å². The standard InChI is InChI=1S/C11H11NO/c1-2-4-10-8(3-1)9-7-12-6-5-11(9)13-10/h1-4,12H,5-7H2/p+1. The number of benzene rings is 1. The number of fused-ring (bicyclic) bond motifs is 3. The Morgan fingerprint density at radius 2 is 2.15 bits per heavy atom. The molecule has 0 bridgehead atoms. The fourth-order valence-electron chi connectivity index (χ4n) is 2.05. The summed E-state index contributed by atoms with van der Waals surface area (Å²) in [6.45, 7) is 2.24. The van der Waals surface area contributed by atoms with Crippen LogP contribution in [0.2, 0.25) is 0 Å². The SMILES string of the molecule is c1ccc2c3c(oc2c1)CC[NH2+]C3. The number of hydrogen-bond acceptors (Lipinski definition) is 1. The Hall–Kier alpha value is -1.28. The van der Waals surface area contributed by atoms with Gasteiger partial charge in [-0.15, -0.1) is 0 Å². The van der Waals surface area contributed by atoms with E-state index >= 15 is 0 Å². The lowest BCUT2D eigenvalue weighted by Gasteiger charge is -2.07. The summed E-state index contributed by atoms with van der Waals surface area (Å²) in [6, 6.07) is 8.30. The van der Waals surface area contributed by atoms with Gasteiger partial charge in [0.25, 0.3) is 0 Å². The van der Waals surface area contributed by atoms with Crippen molar-refractivity contribution in [2.75, 3.05) is 6.54 Å². The van der Waals surface area contributed by atoms with Crippen molar-refractivity contribution < 1.29 is 9.73 Å². The molecular formula is C11H12NO+. The van der Waals surface area contributed by atoms with Gasteiger partial charge in [0.1, 0.15) is 17.9 Å². The summed E-state index contributed by atoms with van der Waals surface area (Å²) >= 11 is 0. The van der Waals surface area contributed by atoms with E-state index in [1.807, 2.05) is 12.1 Å². The quantitative estimate of drug-likeness (QED) is 0.635. The molecule has 3 rings (SSSR count). The first-order valence-corrected chi connectivity index (χ1v) is 4.76. The highest BCUT2D eigenvalue weighted by atomic mass is 16.3. The predicted molar refractivity (Wildman–Crippen MR) is 50.4 cm³/mol. The molecule has 0 aliphatic carbocycles. The minimum Gasteiger partial charge on any atom is -0.460 e. The third kappa shape index (κ3) is 0.988. The third-order valence-corrected chi connectivity index (χ3v) is 2.71. The third-order valence-electron chi connectivity index (χ3n) is 2.71. The summed E-state index contributed by atoms with van der Waals surface area (Å²) in [7, 11) is 0. The molecule has 0 radical (unpaired) electrons. The molecule has 0 unspecified atom stereocenters. The molecule has 0 saturated carbocycles. The van der Waals surface area contributed by atoms with Crippen LogP contribution < -0.4 is 5.32 Å². The zero-order valence-corrected chi connectivity index (χ0v) is 7.42. The van der Waals surface area contributed by atoms with Crippen molar-refractivity contribution in [3.63, 3.8) is 0 Å². The molecular weight excluding hydrogens is 162 g/mol. The summed E-state index contributed by atoms with van der Waals surface area (Å²) in [5.41, 5.74) is 2.45. The Balaban J connectivity index is 2.34. The van der Waals surface area contributed by atoms with Gasteiger partial charge in [-0.25, -0.2) is 0 Å². The van der Waals surface area contributed by atoms with Gasteiger partial charge in [-0.2, -0.15) is 0 Å². The molecule has 0 amide bonds. The number of nitrogens with two attached hydrogens (primary N) is 1. The lowest BCUT2D eigenvalue weighted by molar-refractivity contribution is -0.673. The maximum Gasteiger partial charge on any atom is 0.134 e. The van der Waals surface area contributed by atoms with Crippen molar-refractivity contribution >= 4 is 11.0 Å². The molecule has 13 heavy (non-hydrogen) atoms. The van der Waals surface area contributed by atoms with E-state index in [2.05, 4.69) is 17.4 Å². The van der Waals surface area contributed by atoms with E-state index in [0.29, 0.717) is 0 Å². The Bertz CT molecular complexity index is 444. The van der Waals surface area contributed by atoms with Gasteiger partial charge in [0, 0.05) is 5.39 Å². The molecule has 1 aliphatic rings. The zero-order chi connectivity index (χ0) is 8.67. The van der Waals surface area contributed by atoms with Gasteiger partial charge in [0.2, 0.25) is 0 Å². The smallest absolute Gasteiger partial charge is 0.134 e. The monoisotopic (exact) mass is 174 g/mol. The molecule has 1 aromatic heterocycles. The molecule has 2 N–H and O–H groups in total. The van der Waals surface area contributed by atoms with Crippen LogP contribution in [0, 0.1) is 0 Å². The van der Waals surface area contributed by atoms with Gasteiger partial charge >= 0.3 is 0 Å². The van der Waals surface area contributed by atoms with Gasteiger partial charge in [0.05, 0.1) is 18.5 Å². The fourth-order valence-corrected chi connectivity index (χ4v) is 2.05. The first-order valence-electron chi connectivity index (χ1n) is 4.76. The minimum atomic E-state index is 1.04. The average molecular weight is 174 g/mol. The van der Waals surface area contributed by atoms with Crippen LogP contribution in [0.25, 0.3) is 11.0 Å². The maximum atomic E-state index is 5.77. The highest BCUT2D eigenvalue weighted by Gasteiger charge is 2.18. The van der Waals surface area contributed by atoms with Crippen LogP contribution in [0.15, 0.2) is 28.7 Å². The van der Waals surface area contributed by atoms with Crippen LogP contribution >= 0.6 is 0 Å². The van der Waals surface area contributed by atoms with Crippen molar-refractivity contribution in [3.05, 3.63) is 35.6 Å². The van der Waals surface area contributed by atoms with Crippen LogP contribution in [0.3, 0.4) is 0 Å². The molecule has 0 saturated heterocycles. The molecule has 1 aromatic carbocycles. The summed E-state index contributed by atoms with van der Waals surface area (Å²) < 4.78 is 5.77. The molecule has 0 spiro atoms. The van der Waals surface area contributed by atoms with Crippen molar-refractivity contribution in [1.29, 1.82) is 0 Å². The molecule has 2 heteroatoms. The van der Waals surface area contributed by atoms with E-state index < -0.39 is 0 Å². The highest BCUT2D eigenvalue weighted by molar-refractivity contribution is 5.82. The van der Waals surface area contributed by atoms with Gasteiger partial charge < -0.3 is 9.73 Å². The zero-order valence-electron chi connectivity index (χ0n) is 7.42. The van der Waals surface area contributed by atoms with Gasteiger partial charge in [-0.3, -0.25) is 0 Å². The number of quaternary nitrogens is 1. The Labute approximate surface area is 76.5 Å². The maximum absolute atomic E-state index is 5.77. The number of furan rings is 1. The van der Waals surface area contributed by atoms with Crippen molar-refractivity contribution in [1.82, 2.24) is 0 Å². The highest BCUT2D eigenvalue weighted by Crippen LogP contribution is 2.26. The molecule has 2 nitrogen and oxygen atoms in total. The first kappa shape index (κ1) is 7.15. The van der Waals surface area contributed by atoms with Crippen molar-refractivity contribution in [3.8, 4) is 0 Å². The van der Waals surface area contributed by atoms with Crippen LogP contribution in [-0.2, 0) is 13.0 Å². The van der Waals surface area contributed by atoms with E-state index in [-0.39, 0.29) is 0 Å². The topological polar surface area (TPSA) is 29.8 Å². The Morgan fingerprint density at radius 1 is 1.23 bits per heavy atom. The lowest BCUT2D eigenvalue weighted by Crippen LogP contribution is -2.84. The van der Waals surface area contributed by atoms with Gasteiger partial charge in [0.15, 0.2) is 0 Å². The van der Waals surface area contributed by atoms with Crippen LogP contribution in [-0.4, -0.2) is 6.54 Å². The lowest BCUT2D eigenvalue weighted by atomic mass is 10.1. The van der Waals surface area contributed by atoms with Crippen molar-refractivity contribution in [2.45, 2.75) is 13.0 Å². The molecule has 0 atom stereocenters. The predicted octanol–water partition coefficient (Wildman–Crippen LogP) is 1.05. The summed E-state index contributed by atoms with van der Waals surface area (Å²) in [5, 5.41) is 3.64. The summed E-state index contributed by atoms with van der Waals surface area (Å²) in [5.74, 6) is 1.20. The van der Waals surface area contributed by atoms with E-state index in [0.717, 1.165) is 25.1 Å². The van der Waals surface area contributed by atoms with E-state index in [4.69, 9.17) is 4.42 Å². The second-order valence-corrected chi connectivity index (χ2v) is 3.53. The normalized spacial score (nSPS) is 16.0. The number of para-hydroxylation sites is 1.